The van der Waals surface area contributed by atoms with Gasteiger partial charge in [0.15, 0.2) is 0 Å². The van der Waals surface area contributed by atoms with E-state index in [0.29, 0.717) is 5.69 Å². The van der Waals surface area contributed by atoms with E-state index in [-0.39, 0.29) is 16.4 Å². The molecule has 1 amide bonds. The number of hydrogen-bond donors (Lipinski definition) is 1. The Morgan fingerprint density at radius 3 is 2.54 bits per heavy atom. The van der Waals surface area contributed by atoms with E-state index < -0.39 is 10.0 Å². The van der Waals surface area contributed by atoms with Gasteiger partial charge in [-0.25, -0.2) is 8.42 Å². The van der Waals surface area contributed by atoms with Gasteiger partial charge in [-0.05, 0) is 36.6 Å². The summed E-state index contributed by atoms with van der Waals surface area (Å²) >= 11 is 1.51. The first kappa shape index (κ1) is 18.5. The first-order valence-electron chi connectivity index (χ1n) is 6.97. The van der Waals surface area contributed by atoms with Crippen LogP contribution in [-0.4, -0.2) is 39.2 Å². The highest BCUT2D eigenvalue weighted by molar-refractivity contribution is 7.98. The van der Waals surface area contributed by atoms with Crippen LogP contribution in [0.5, 0.6) is 0 Å². The molecule has 128 valence electrons. The van der Waals surface area contributed by atoms with Gasteiger partial charge in [-0.3, -0.25) is 9.63 Å². The summed E-state index contributed by atoms with van der Waals surface area (Å²) in [7, 11) is -1.26. The van der Waals surface area contributed by atoms with E-state index in [1.165, 1.54) is 44.1 Å². The molecule has 0 aromatic heterocycles. The van der Waals surface area contributed by atoms with Crippen molar-refractivity contribution < 1.29 is 18.0 Å². The number of para-hydroxylation sites is 1. The zero-order chi connectivity index (χ0) is 17.7. The molecule has 0 saturated carbocycles. The molecule has 0 aliphatic heterocycles. The van der Waals surface area contributed by atoms with Crippen LogP contribution in [0.2, 0.25) is 0 Å². The van der Waals surface area contributed by atoms with Crippen molar-refractivity contribution in [2.24, 2.45) is 0 Å². The van der Waals surface area contributed by atoms with Crippen molar-refractivity contribution in [3.8, 4) is 0 Å². The standard InChI is InChI=1S/C16H18N2O4S2/c1-18(22-2)24(20,21)13-8-6-7-12(11-13)16(19)17-14-9-4-5-10-15(14)23-3/h4-11H,1-3H3,(H,17,19). The third-order valence-electron chi connectivity index (χ3n) is 3.34. The molecule has 1 N–H and O–H groups in total. The molecule has 0 aliphatic carbocycles. The molecule has 0 aliphatic rings. The summed E-state index contributed by atoms with van der Waals surface area (Å²) in [4.78, 5) is 18.1. The average molecular weight is 366 g/mol. The molecular weight excluding hydrogens is 348 g/mol. The number of rotatable bonds is 6. The molecule has 0 heterocycles. The quantitative estimate of drug-likeness (QED) is 0.628. The van der Waals surface area contributed by atoms with Crippen molar-refractivity contribution in [2.45, 2.75) is 9.79 Å². The van der Waals surface area contributed by atoms with Crippen LogP contribution in [0.25, 0.3) is 0 Å². The van der Waals surface area contributed by atoms with E-state index >= 15 is 0 Å². The Kier molecular flexibility index (Phi) is 6.00. The van der Waals surface area contributed by atoms with Crippen LogP contribution in [0.3, 0.4) is 0 Å². The number of nitrogens with zero attached hydrogens (tertiary/aromatic N) is 1. The normalized spacial score (nSPS) is 11.5. The molecule has 8 heteroatoms. The molecule has 0 saturated heterocycles. The monoisotopic (exact) mass is 366 g/mol. The van der Waals surface area contributed by atoms with E-state index in [4.69, 9.17) is 4.84 Å². The van der Waals surface area contributed by atoms with Gasteiger partial charge in [0.05, 0.1) is 17.7 Å². The molecule has 2 aromatic rings. The van der Waals surface area contributed by atoms with Crippen LogP contribution in [0.4, 0.5) is 5.69 Å². The topological polar surface area (TPSA) is 75.7 Å². The molecule has 0 unspecified atom stereocenters. The highest BCUT2D eigenvalue weighted by Gasteiger charge is 2.22. The summed E-state index contributed by atoms with van der Waals surface area (Å²) < 4.78 is 25.3. The lowest BCUT2D eigenvalue weighted by atomic mass is 10.2. The number of hydroxylamine groups is 1. The Morgan fingerprint density at radius 2 is 1.88 bits per heavy atom. The molecule has 24 heavy (non-hydrogen) atoms. The van der Waals surface area contributed by atoms with Crippen LogP contribution < -0.4 is 5.32 Å². The zero-order valence-electron chi connectivity index (χ0n) is 13.5. The highest BCUT2D eigenvalue weighted by atomic mass is 32.2. The van der Waals surface area contributed by atoms with Crippen molar-refractivity contribution in [2.75, 3.05) is 25.7 Å². The van der Waals surface area contributed by atoms with Crippen molar-refractivity contribution in [3.05, 3.63) is 54.1 Å². The summed E-state index contributed by atoms with van der Waals surface area (Å²) in [5.41, 5.74) is 0.925. The summed E-state index contributed by atoms with van der Waals surface area (Å²) in [5, 5.41) is 2.80. The summed E-state index contributed by atoms with van der Waals surface area (Å²) in [6, 6.07) is 13.2. The number of anilines is 1. The molecule has 0 radical (unpaired) electrons. The van der Waals surface area contributed by atoms with Crippen molar-refractivity contribution in [3.63, 3.8) is 0 Å². The lowest BCUT2D eigenvalue weighted by Crippen LogP contribution is -2.26. The van der Waals surface area contributed by atoms with E-state index in [9.17, 15) is 13.2 Å². The summed E-state index contributed by atoms with van der Waals surface area (Å²) in [5.74, 6) is -0.381. The Labute approximate surface area is 145 Å². The van der Waals surface area contributed by atoms with Gasteiger partial charge < -0.3 is 5.32 Å². The minimum absolute atomic E-state index is 0.0161. The number of amides is 1. The fraction of sp³-hybridized carbons (Fsp3) is 0.188. The highest BCUT2D eigenvalue weighted by Crippen LogP contribution is 2.25. The number of sulfonamides is 1. The number of thioether (sulfide) groups is 1. The van der Waals surface area contributed by atoms with Crippen LogP contribution >= 0.6 is 11.8 Å². The first-order valence-corrected chi connectivity index (χ1v) is 9.64. The minimum atomic E-state index is -3.80. The summed E-state index contributed by atoms with van der Waals surface area (Å²) in [6.07, 6.45) is 1.92. The third-order valence-corrected chi connectivity index (χ3v) is 5.82. The van der Waals surface area contributed by atoms with Crippen LogP contribution in [0, 0.1) is 0 Å². The van der Waals surface area contributed by atoms with Crippen molar-refractivity contribution >= 4 is 33.4 Å². The van der Waals surface area contributed by atoms with Crippen molar-refractivity contribution in [1.82, 2.24) is 4.47 Å². The molecule has 0 atom stereocenters. The maximum absolute atomic E-state index is 12.4. The Hall–Kier alpha value is -1.87. The molecule has 0 fully saturated rings. The predicted molar refractivity (Wildman–Crippen MR) is 94.6 cm³/mol. The lowest BCUT2D eigenvalue weighted by Gasteiger charge is -2.15. The Bertz CT molecular complexity index is 837. The van der Waals surface area contributed by atoms with Gasteiger partial charge in [-0.15, -0.1) is 11.8 Å². The van der Waals surface area contributed by atoms with Crippen molar-refractivity contribution in [1.29, 1.82) is 0 Å². The lowest BCUT2D eigenvalue weighted by molar-refractivity contribution is -0.0258. The van der Waals surface area contributed by atoms with Gasteiger partial charge in [0, 0.05) is 17.5 Å². The van der Waals surface area contributed by atoms with E-state index in [0.717, 1.165) is 9.36 Å². The summed E-state index contributed by atoms with van der Waals surface area (Å²) in [6.45, 7) is 0. The van der Waals surface area contributed by atoms with E-state index in [2.05, 4.69) is 5.32 Å². The second-order valence-corrected chi connectivity index (χ2v) is 7.56. The molecule has 2 rings (SSSR count). The minimum Gasteiger partial charge on any atom is -0.321 e. The number of nitrogens with one attached hydrogen (secondary N) is 1. The number of hydrogen-bond acceptors (Lipinski definition) is 5. The number of benzene rings is 2. The largest absolute Gasteiger partial charge is 0.321 e. The smallest absolute Gasteiger partial charge is 0.264 e. The molecule has 6 nitrogen and oxygen atoms in total. The van der Waals surface area contributed by atoms with Gasteiger partial charge in [0.1, 0.15) is 0 Å². The zero-order valence-corrected chi connectivity index (χ0v) is 15.1. The molecule has 0 spiro atoms. The molecule has 0 bridgehead atoms. The fourth-order valence-electron chi connectivity index (χ4n) is 1.99. The maximum Gasteiger partial charge on any atom is 0.264 e. The first-order chi connectivity index (χ1) is 11.4. The van der Waals surface area contributed by atoms with E-state index in [1.807, 2.05) is 24.5 Å². The van der Waals surface area contributed by atoms with Gasteiger partial charge in [0.25, 0.3) is 15.9 Å². The predicted octanol–water partition coefficient (Wildman–Crippen LogP) is 2.84. The second kappa shape index (κ2) is 7.80. The van der Waals surface area contributed by atoms with Crippen LogP contribution in [0.15, 0.2) is 58.3 Å². The molecule has 2 aromatic carbocycles. The maximum atomic E-state index is 12.4. The van der Waals surface area contributed by atoms with E-state index in [1.54, 1.807) is 12.1 Å². The van der Waals surface area contributed by atoms with Gasteiger partial charge >= 0.3 is 0 Å². The Balaban J connectivity index is 2.30. The molecular formula is C16H18N2O4S2. The number of carbonyl (C=O) groups is 1. The van der Waals surface area contributed by atoms with Gasteiger partial charge in [-0.1, -0.05) is 22.7 Å². The average Bonchev–Trinajstić information content (AvgIpc) is 2.61. The SMILES string of the molecule is CON(C)S(=O)(=O)c1cccc(C(=O)Nc2ccccc2SC)c1. The van der Waals surface area contributed by atoms with Gasteiger partial charge in [-0.2, -0.15) is 0 Å². The van der Waals surface area contributed by atoms with Gasteiger partial charge in [0.2, 0.25) is 0 Å². The fourth-order valence-corrected chi connectivity index (χ4v) is 3.56. The third kappa shape index (κ3) is 3.96. The number of carbonyl (C=O) groups excluding carboxylic acids is 1. The second-order valence-electron chi connectivity index (χ2n) is 4.78. The Morgan fingerprint density at radius 1 is 1.17 bits per heavy atom. The van der Waals surface area contributed by atoms with Crippen LogP contribution in [-0.2, 0) is 14.9 Å². The van der Waals surface area contributed by atoms with Crippen LogP contribution in [0.1, 0.15) is 10.4 Å².